The SMILES string of the molecule is Cc1ccc(N(c2ccc3cc4c(cc3c2)oc2cc3oc5cc6cc(N(c7ccc(C)cc7)c7ccc(C)c(C)c7C)ccc6cc5c3c(C)c24)c2ccc(C)c(C)c2C)cc1. The molecule has 0 atom stereocenters. The molecule has 0 N–H and O–H groups in total. The molecule has 2 heterocycles. The highest BCUT2D eigenvalue weighted by atomic mass is 16.3. The van der Waals surface area contributed by atoms with Crippen LogP contribution in [0.15, 0.2) is 148 Å². The van der Waals surface area contributed by atoms with Gasteiger partial charge in [-0.05, 0) is 208 Å². The predicted molar refractivity (Wildman–Crippen MR) is 268 cm³/mol. The molecule has 4 nitrogen and oxygen atoms in total. The second-order valence-corrected chi connectivity index (χ2v) is 17.9. The van der Waals surface area contributed by atoms with Crippen molar-refractivity contribution in [2.75, 3.05) is 9.80 Å². The first-order valence-electron chi connectivity index (χ1n) is 22.0. The van der Waals surface area contributed by atoms with Crippen molar-refractivity contribution >= 4 is 99.5 Å². The van der Waals surface area contributed by atoms with E-state index in [4.69, 9.17) is 8.83 Å². The average Bonchev–Trinajstić information content (AvgIpc) is 3.82. The highest BCUT2D eigenvalue weighted by Gasteiger charge is 2.22. The van der Waals surface area contributed by atoms with Gasteiger partial charge >= 0.3 is 0 Å². The highest BCUT2D eigenvalue weighted by Crippen LogP contribution is 2.45. The van der Waals surface area contributed by atoms with E-state index in [9.17, 15) is 0 Å². The van der Waals surface area contributed by atoms with Crippen LogP contribution >= 0.6 is 0 Å². The Kier molecular flexibility index (Phi) is 8.82. The third-order valence-electron chi connectivity index (χ3n) is 14.0. The number of anilines is 6. The topological polar surface area (TPSA) is 32.8 Å². The number of aryl methyl sites for hydroxylation is 5. The van der Waals surface area contributed by atoms with Crippen LogP contribution in [-0.4, -0.2) is 0 Å². The van der Waals surface area contributed by atoms with Gasteiger partial charge in [-0.25, -0.2) is 0 Å². The van der Waals surface area contributed by atoms with Crippen LogP contribution in [0.3, 0.4) is 0 Å². The lowest BCUT2D eigenvalue weighted by Gasteiger charge is -2.28. The molecule has 0 radical (unpaired) electrons. The average molecular weight is 819 g/mol. The van der Waals surface area contributed by atoms with Crippen LogP contribution in [0.5, 0.6) is 0 Å². The van der Waals surface area contributed by atoms with E-state index < -0.39 is 0 Å². The standard InChI is InChI=1S/C59H50N2O2/c1-33-10-18-46(19-11-33)60(52-24-14-35(3)37(5)39(52)7)48-22-16-42-28-50-54(30-44(42)26-48)62-56-32-57-59(41(9)58(50)56)51-29-43-17-23-49(27-45(43)31-55(51)63-57)61(47-20-12-34(2)13-21-47)53-25-15-36(4)38(6)40(53)8/h10-32H,1-9H3. The molecule has 0 aliphatic rings. The molecule has 0 saturated heterocycles. The molecule has 0 aliphatic heterocycles. The zero-order chi connectivity index (χ0) is 43.4. The monoisotopic (exact) mass is 818 g/mol. The minimum Gasteiger partial charge on any atom is -0.456 e. The maximum Gasteiger partial charge on any atom is 0.139 e. The van der Waals surface area contributed by atoms with Gasteiger partial charge in [0.25, 0.3) is 0 Å². The Bertz CT molecular complexity index is 3420. The fraction of sp³-hybridized carbons (Fsp3) is 0.153. The van der Waals surface area contributed by atoms with E-state index in [-0.39, 0.29) is 0 Å². The molecule has 4 heteroatoms. The molecule has 308 valence electrons. The number of fused-ring (bicyclic) bond motifs is 8. The number of furan rings is 2. The largest absolute Gasteiger partial charge is 0.456 e. The van der Waals surface area contributed by atoms with E-state index in [1.165, 1.54) is 72.2 Å². The van der Waals surface area contributed by atoms with Gasteiger partial charge in [-0.1, -0.05) is 59.7 Å². The van der Waals surface area contributed by atoms with Crippen molar-refractivity contribution in [2.24, 2.45) is 0 Å². The van der Waals surface area contributed by atoms with Crippen LogP contribution in [0, 0.1) is 62.3 Å². The molecule has 0 amide bonds. The molecule has 0 saturated carbocycles. The minimum atomic E-state index is 0.834. The van der Waals surface area contributed by atoms with Gasteiger partial charge in [0.2, 0.25) is 0 Å². The van der Waals surface area contributed by atoms with Crippen LogP contribution in [0.25, 0.3) is 65.4 Å². The Morgan fingerprint density at radius 3 is 1.11 bits per heavy atom. The third kappa shape index (κ3) is 6.19. The van der Waals surface area contributed by atoms with Crippen molar-refractivity contribution in [3.05, 3.63) is 190 Å². The predicted octanol–water partition coefficient (Wildman–Crippen LogP) is 17.5. The molecule has 0 unspecified atom stereocenters. The molecular formula is C59H50N2O2. The summed E-state index contributed by atoms with van der Waals surface area (Å²) in [6.45, 7) is 19.7. The van der Waals surface area contributed by atoms with Gasteiger partial charge in [-0.3, -0.25) is 0 Å². The molecule has 63 heavy (non-hydrogen) atoms. The van der Waals surface area contributed by atoms with Crippen LogP contribution in [0.2, 0.25) is 0 Å². The smallest absolute Gasteiger partial charge is 0.139 e. The summed E-state index contributed by atoms with van der Waals surface area (Å²) in [4.78, 5) is 4.76. The van der Waals surface area contributed by atoms with Crippen LogP contribution < -0.4 is 9.80 Å². The summed E-state index contributed by atoms with van der Waals surface area (Å²) in [7, 11) is 0. The van der Waals surface area contributed by atoms with E-state index in [0.29, 0.717) is 0 Å². The summed E-state index contributed by atoms with van der Waals surface area (Å²) in [6, 6.07) is 51.3. The molecule has 0 fully saturated rings. The summed E-state index contributed by atoms with van der Waals surface area (Å²) in [5.41, 5.74) is 21.7. The van der Waals surface area contributed by atoms with Gasteiger partial charge in [0.05, 0.1) is 0 Å². The lowest BCUT2D eigenvalue weighted by atomic mass is 9.98. The number of benzene rings is 9. The molecule has 0 spiro atoms. The summed E-state index contributed by atoms with van der Waals surface area (Å²) in [6.07, 6.45) is 0. The van der Waals surface area contributed by atoms with Gasteiger partial charge < -0.3 is 18.6 Å². The number of hydrogen-bond donors (Lipinski definition) is 0. The first-order chi connectivity index (χ1) is 30.4. The van der Waals surface area contributed by atoms with E-state index in [0.717, 1.165) is 77.4 Å². The summed E-state index contributed by atoms with van der Waals surface area (Å²) in [5.74, 6) is 0. The molecule has 11 aromatic rings. The number of rotatable bonds is 6. The zero-order valence-corrected chi connectivity index (χ0v) is 37.5. The second kappa shape index (κ2) is 14.4. The third-order valence-corrected chi connectivity index (χ3v) is 14.0. The Morgan fingerprint density at radius 2 is 0.698 bits per heavy atom. The molecule has 11 rings (SSSR count). The lowest BCUT2D eigenvalue weighted by molar-refractivity contribution is 0.656. The molecule has 0 aliphatic carbocycles. The van der Waals surface area contributed by atoms with Crippen molar-refractivity contribution < 1.29 is 8.83 Å². The maximum atomic E-state index is 6.73. The van der Waals surface area contributed by atoms with E-state index in [1.54, 1.807) is 0 Å². The Balaban J connectivity index is 1.03. The van der Waals surface area contributed by atoms with Crippen molar-refractivity contribution in [1.82, 2.24) is 0 Å². The maximum absolute atomic E-state index is 6.73. The summed E-state index contributed by atoms with van der Waals surface area (Å²) >= 11 is 0. The van der Waals surface area contributed by atoms with Gasteiger partial charge in [-0.15, -0.1) is 0 Å². The normalized spacial score (nSPS) is 11.9. The van der Waals surface area contributed by atoms with Crippen molar-refractivity contribution in [3.63, 3.8) is 0 Å². The Labute approximate surface area is 368 Å². The van der Waals surface area contributed by atoms with Crippen LogP contribution in [-0.2, 0) is 0 Å². The highest BCUT2D eigenvalue weighted by molar-refractivity contribution is 6.21. The van der Waals surface area contributed by atoms with E-state index >= 15 is 0 Å². The minimum absolute atomic E-state index is 0.834. The van der Waals surface area contributed by atoms with E-state index in [1.807, 2.05) is 0 Å². The Morgan fingerprint density at radius 1 is 0.302 bits per heavy atom. The molecular weight excluding hydrogens is 769 g/mol. The van der Waals surface area contributed by atoms with Crippen molar-refractivity contribution in [2.45, 2.75) is 62.3 Å². The van der Waals surface area contributed by atoms with Gasteiger partial charge in [-0.2, -0.15) is 0 Å². The quantitative estimate of drug-likeness (QED) is 0.167. The van der Waals surface area contributed by atoms with Crippen LogP contribution in [0.4, 0.5) is 34.1 Å². The molecule has 2 aromatic heterocycles. The van der Waals surface area contributed by atoms with Crippen molar-refractivity contribution in [3.8, 4) is 0 Å². The summed E-state index contributed by atoms with van der Waals surface area (Å²) < 4.78 is 13.5. The first-order valence-corrected chi connectivity index (χ1v) is 22.0. The fourth-order valence-electron chi connectivity index (χ4n) is 9.80. The molecule has 0 bridgehead atoms. The zero-order valence-electron chi connectivity index (χ0n) is 37.5. The Hall–Kier alpha value is -7.30. The number of nitrogens with zero attached hydrogens (tertiary/aromatic N) is 2. The first kappa shape index (κ1) is 38.6. The van der Waals surface area contributed by atoms with Crippen molar-refractivity contribution in [1.29, 1.82) is 0 Å². The van der Waals surface area contributed by atoms with Gasteiger partial charge in [0, 0.05) is 61.7 Å². The lowest BCUT2D eigenvalue weighted by Crippen LogP contribution is -2.12. The number of hydrogen-bond acceptors (Lipinski definition) is 4. The second-order valence-electron chi connectivity index (χ2n) is 17.9. The fourth-order valence-corrected chi connectivity index (χ4v) is 9.80. The molecule has 9 aromatic carbocycles. The van der Waals surface area contributed by atoms with Gasteiger partial charge in [0.15, 0.2) is 0 Å². The summed E-state index contributed by atoms with van der Waals surface area (Å²) in [5, 5.41) is 9.09. The van der Waals surface area contributed by atoms with E-state index in [2.05, 4.69) is 212 Å². The van der Waals surface area contributed by atoms with Gasteiger partial charge in [0.1, 0.15) is 22.3 Å². The van der Waals surface area contributed by atoms with Crippen LogP contribution in [0.1, 0.15) is 50.1 Å².